The van der Waals surface area contributed by atoms with Crippen LogP contribution in [0.25, 0.3) is 11.1 Å². The summed E-state index contributed by atoms with van der Waals surface area (Å²) in [5, 5.41) is 0. The van der Waals surface area contributed by atoms with Gasteiger partial charge in [-0.25, -0.2) is 8.42 Å². The first-order valence-electron chi connectivity index (χ1n) is 11.4. The lowest BCUT2D eigenvalue weighted by atomic mass is 10.1. The largest absolute Gasteiger partial charge is 0.491 e. The number of halogens is 1. The van der Waals surface area contributed by atoms with Crippen LogP contribution < -0.4 is 9.47 Å². The van der Waals surface area contributed by atoms with E-state index < -0.39 is 9.84 Å². The molecule has 0 unspecified atom stereocenters. The second kappa shape index (κ2) is 15.6. The fourth-order valence-electron chi connectivity index (χ4n) is 2.89. The van der Waals surface area contributed by atoms with Crippen molar-refractivity contribution in [2.75, 3.05) is 45.9 Å². The van der Waals surface area contributed by atoms with Gasteiger partial charge >= 0.3 is 0 Å². The third-order valence-electron chi connectivity index (χ3n) is 4.68. The van der Waals surface area contributed by atoms with Gasteiger partial charge in [-0.15, -0.1) is 0 Å². The fourth-order valence-corrected chi connectivity index (χ4v) is 3.79. The summed E-state index contributed by atoms with van der Waals surface area (Å²) in [6.45, 7) is 7.70. The summed E-state index contributed by atoms with van der Waals surface area (Å²) < 4.78 is 45.3. The predicted octanol–water partition coefficient (Wildman–Crippen LogP) is 6.04. The van der Waals surface area contributed by atoms with E-state index in [2.05, 4.69) is 15.9 Å². The molecule has 0 saturated heterocycles. The van der Waals surface area contributed by atoms with Crippen molar-refractivity contribution in [1.82, 2.24) is 0 Å². The van der Waals surface area contributed by atoms with E-state index in [9.17, 15) is 8.42 Å². The van der Waals surface area contributed by atoms with Crippen molar-refractivity contribution >= 4 is 25.8 Å². The van der Waals surface area contributed by atoms with Crippen molar-refractivity contribution < 1.29 is 27.4 Å². The molecule has 0 aliphatic carbocycles. The molecule has 0 amide bonds. The van der Waals surface area contributed by atoms with E-state index in [1.54, 1.807) is 24.3 Å². The lowest BCUT2D eigenvalue weighted by Crippen LogP contribution is -2.06. The normalized spacial score (nSPS) is 10.9. The highest BCUT2D eigenvalue weighted by Crippen LogP contribution is 2.24. The Morgan fingerprint density at radius 1 is 0.629 bits per heavy atom. The first-order chi connectivity index (χ1) is 16.8. The van der Waals surface area contributed by atoms with E-state index in [-0.39, 0.29) is 0 Å². The maximum absolute atomic E-state index is 11.4. The van der Waals surface area contributed by atoms with Crippen LogP contribution in [0.1, 0.15) is 13.8 Å². The second-order valence-corrected chi connectivity index (χ2v) is 10.3. The molecule has 0 fully saturated rings. The summed E-state index contributed by atoms with van der Waals surface area (Å²) in [7, 11) is -3.16. The highest BCUT2D eigenvalue weighted by molar-refractivity contribution is 9.10. The smallest absolute Gasteiger partial charge is 0.175 e. The Balaban J connectivity index is 0.000000283. The zero-order chi connectivity index (χ0) is 25.5. The molecule has 0 aliphatic rings. The first kappa shape index (κ1) is 28.8. The number of sulfone groups is 1. The number of hydrogen-bond acceptors (Lipinski definition) is 6. The van der Waals surface area contributed by atoms with Crippen LogP contribution in [0.15, 0.2) is 82.2 Å². The Labute approximate surface area is 217 Å². The molecule has 3 aromatic rings. The van der Waals surface area contributed by atoms with Gasteiger partial charge in [0.25, 0.3) is 0 Å². The maximum Gasteiger partial charge on any atom is 0.175 e. The number of rotatable bonds is 12. The number of hydrogen-bond donors (Lipinski definition) is 0. The van der Waals surface area contributed by atoms with Gasteiger partial charge in [-0.3, -0.25) is 0 Å². The van der Waals surface area contributed by atoms with Gasteiger partial charge in [-0.05, 0) is 73.5 Å². The Kier molecular flexibility index (Phi) is 12.8. The van der Waals surface area contributed by atoms with Gasteiger partial charge in [-0.1, -0.05) is 40.2 Å². The molecule has 0 atom stereocenters. The standard InChI is InChI=1S/C17H20O4S.C10H13BrO2/c1-3-20-12-13-21-16-8-4-14(5-9-16)15-6-10-17(11-7-15)22(2,18)19;1-2-12-7-8-13-10-5-3-9(11)4-6-10/h4-11H,3,12-13H2,1-2H3;3-6H,2,7-8H2,1H3. The zero-order valence-corrected chi connectivity index (χ0v) is 22.8. The van der Waals surface area contributed by atoms with Crippen LogP contribution in [0, 0.1) is 0 Å². The van der Waals surface area contributed by atoms with Crippen LogP contribution in [0.3, 0.4) is 0 Å². The van der Waals surface area contributed by atoms with Crippen molar-refractivity contribution in [3.8, 4) is 22.6 Å². The molecule has 3 aromatic carbocycles. The Morgan fingerprint density at radius 2 is 1.03 bits per heavy atom. The Hall–Kier alpha value is -2.39. The maximum atomic E-state index is 11.4. The summed E-state index contributed by atoms with van der Waals surface area (Å²) in [5.74, 6) is 1.67. The van der Waals surface area contributed by atoms with Gasteiger partial charge < -0.3 is 18.9 Å². The Morgan fingerprint density at radius 3 is 1.43 bits per heavy atom. The molecule has 6 nitrogen and oxygen atoms in total. The van der Waals surface area contributed by atoms with E-state index in [4.69, 9.17) is 18.9 Å². The molecule has 0 bridgehead atoms. The van der Waals surface area contributed by atoms with Crippen molar-refractivity contribution in [3.05, 3.63) is 77.3 Å². The van der Waals surface area contributed by atoms with Crippen LogP contribution in [0.5, 0.6) is 11.5 Å². The molecule has 0 spiro atoms. The lowest BCUT2D eigenvalue weighted by Gasteiger charge is -2.08. The number of ether oxygens (including phenoxy) is 4. The zero-order valence-electron chi connectivity index (χ0n) is 20.4. The average Bonchev–Trinajstić information content (AvgIpc) is 2.86. The van der Waals surface area contributed by atoms with Crippen molar-refractivity contribution in [2.45, 2.75) is 18.7 Å². The predicted molar refractivity (Wildman–Crippen MR) is 143 cm³/mol. The van der Waals surface area contributed by atoms with Crippen LogP contribution in [0.4, 0.5) is 0 Å². The van der Waals surface area contributed by atoms with Crippen molar-refractivity contribution in [1.29, 1.82) is 0 Å². The fraction of sp³-hybridized carbons (Fsp3) is 0.333. The highest BCUT2D eigenvalue weighted by Gasteiger charge is 2.07. The molecular formula is C27H33BrO6S. The number of benzene rings is 3. The van der Waals surface area contributed by atoms with Gasteiger partial charge in [0, 0.05) is 23.9 Å². The van der Waals surface area contributed by atoms with E-state index in [0.29, 0.717) is 37.9 Å². The molecule has 0 saturated carbocycles. The topological polar surface area (TPSA) is 71.1 Å². The SMILES string of the molecule is CCOCCOc1ccc(-c2ccc(S(C)(=O)=O)cc2)cc1.CCOCCOc1ccc(Br)cc1. The molecule has 0 heterocycles. The average molecular weight is 566 g/mol. The minimum absolute atomic E-state index is 0.326. The summed E-state index contributed by atoms with van der Waals surface area (Å²) in [6.07, 6.45) is 1.20. The van der Waals surface area contributed by atoms with Crippen LogP contribution in [0.2, 0.25) is 0 Å². The van der Waals surface area contributed by atoms with E-state index in [1.165, 1.54) is 6.26 Å². The second-order valence-electron chi connectivity index (χ2n) is 7.37. The molecule has 8 heteroatoms. The minimum Gasteiger partial charge on any atom is -0.491 e. The van der Waals surface area contributed by atoms with Gasteiger partial charge in [0.05, 0.1) is 18.1 Å². The Bertz CT molecular complexity index is 1080. The molecule has 35 heavy (non-hydrogen) atoms. The quantitative estimate of drug-likeness (QED) is 0.250. The van der Waals surface area contributed by atoms with E-state index >= 15 is 0 Å². The molecule has 0 aliphatic heterocycles. The van der Waals surface area contributed by atoms with E-state index in [1.807, 2.05) is 62.4 Å². The van der Waals surface area contributed by atoms with Crippen LogP contribution in [-0.4, -0.2) is 54.3 Å². The molecule has 3 rings (SSSR count). The van der Waals surface area contributed by atoms with Crippen LogP contribution in [-0.2, 0) is 19.3 Å². The molecule has 0 radical (unpaired) electrons. The monoisotopic (exact) mass is 564 g/mol. The summed E-state index contributed by atoms with van der Waals surface area (Å²) in [5.41, 5.74) is 1.98. The first-order valence-corrected chi connectivity index (χ1v) is 14.1. The van der Waals surface area contributed by atoms with Gasteiger partial charge in [0.1, 0.15) is 24.7 Å². The highest BCUT2D eigenvalue weighted by atomic mass is 79.9. The molecule has 190 valence electrons. The molecule has 0 aromatic heterocycles. The summed E-state index contributed by atoms with van der Waals surface area (Å²) in [6, 6.07) is 22.3. The van der Waals surface area contributed by atoms with E-state index in [0.717, 1.165) is 33.7 Å². The van der Waals surface area contributed by atoms with Gasteiger partial charge in [-0.2, -0.15) is 0 Å². The third kappa shape index (κ3) is 11.3. The minimum atomic E-state index is -3.16. The lowest BCUT2D eigenvalue weighted by molar-refractivity contribution is 0.110. The summed E-state index contributed by atoms with van der Waals surface area (Å²) >= 11 is 3.36. The van der Waals surface area contributed by atoms with Crippen molar-refractivity contribution in [2.24, 2.45) is 0 Å². The van der Waals surface area contributed by atoms with Gasteiger partial charge in [0.2, 0.25) is 0 Å². The molecular weight excluding hydrogens is 532 g/mol. The van der Waals surface area contributed by atoms with Crippen LogP contribution >= 0.6 is 15.9 Å². The summed E-state index contributed by atoms with van der Waals surface area (Å²) in [4.78, 5) is 0.326. The van der Waals surface area contributed by atoms with Gasteiger partial charge in [0.15, 0.2) is 9.84 Å². The third-order valence-corrected chi connectivity index (χ3v) is 6.34. The molecule has 0 N–H and O–H groups in total. The van der Waals surface area contributed by atoms with Crippen molar-refractivity contribution in [3.63, 3.8) is 0 Å².